The molecule has 1 aliphatic rings. The Kier molecular flexibility index (Phi) is 5.03. The zero-order chi connectivity index (χ0) is 17.2. The molecule has 0 spiro atoms. The van der Waals surface area contributed by atoms with E-state index >= 15 is 0 Å². The molecule has 2 rings (SSSR count). The van der Waals surface area contributed by atoms with E-state index in [1.807, 2.05) is 0 Å². The van der Waals surface area contributed by atoms with Gasteiger partial charge in [-0.3, -0.25) is 9.69 Å². The number of nitrogens with zero attached hydrogens (tertiary/aromatic N) is 1. The molecular formula is C15H14F5NO2. The minimum atomic E-state index is -4.57. The first-order valence-corrected chi connectivity index (χ1v) is 6.82. The van der Waals surface area contributed by atoms with E-state index in [1.54, 1.807) is 0 Å². The van der Waals surface area contributed by atoms with Crippen LogP contribution in [0.15, 0.2) is 24.3 Å². The number of likely N-dealkylation sites (tertiary alicyclic amines) is 1. The highest BCUT2D eigenvalue weighted by atomic mass is 19.4. The van der Waals surface area contributed by atoms with Gasteiger partial charge in [0.15, 0.2) is 11.6 Å². The molecule has 1 fully saturated rings. The summed E-state index contributed by atoms with van der Waals surface area (Å²) in [4.78, 5) is 12.3. The fourth-order valence-corrected chi connectivity index (χ4v) is 2.57. The molecule has 126 valence electrons. The predicted molar refractivity (Wildman–Crippen MR) is 72.5 cm³/mol. The Labute approximate surface area is 129 Å². The van der Waals surface area contributed by atoms with E-state index in [0.29, 0.717) is 5.56 Å². The summed E-state index contributed by atoms with van der Waals surface area (Å²) >= 11 is 0. The number of rotatable bonds is 4. The van der Waals surface area contributed by atoms with E-state index in [4.69, 9.17) is 5.11 Å². The third-order valence-corrected chi connectivity index (χ3v) is 3.75. The molecule has 1 N–H and O–H groups in total. The number of hydrogen-bond acceptors (Lipinski definition) is 2. The van der Waals surface area contributed by atoms with Crippen molar-refractivity contribution in [2.75, 3.05) is 19.6 Å². The molecule has 0 amide bonds. The maximum atomic E-state index is 13.0. The van der Waals surface area contributed by atoms with Crippen LogP contribution in [-0.2, 0) is 4.79 Å². The van der Waals surface area contributed by atoms with Gasteiger partial charge in [-0.2, -0.15) is 13.2 Å². The van der Waals surface area contributed by atoms with Crippen molar-refractivity contribution in [3.05, 3.63) is 41.5 Å². The highest BCUT2D eigenvalue weighted by Crippen LogP contribution is 2.37. The number of hydrogen-bond donors (Lipinski definition) is 1. The van der Waals surface area contributed by atoms with Crippen LogP contribution >= 0.6 is 0 Å². The molecule has 3 nitrogen and oxygen atoms in total. The van der Waals surface area contributed by atoms with Crippen LogP contribution in [0.5, 0.6) is 0 Å². The molecule has 0 radical (unpaired) electrons. The third kappa shape index (κ3) is 4.28. The van der Waals surface area contributed by atoms with E-state index < -0.39 is 42.2 Å². The summed E-state index contributed by atoms with van der Waals surface area (Å²) in [5, 5.41) is 8.90. The van der Waals surface area contributed by atoms with Gasteiger partial charge >= 0.3 is 12.1 Å². The molecular weight excluding hydrogens is 321 g/mol. The summed E-state index contributed by atoms with van der Waals surface area (Å²) in [7, 11) is 0. The molecule has 0 saturated carbocycles. The van der Waals surface area contributed by atoms with Crippen molar-refractivity contribution < 1.29 is 31.9 Å². The maximum Gasteiger partial charge on any atom is 0.393 e. The lowest BCUT2D eigenvalue weighted by Crippen LogP contribution is -2.33. The summed E-state index contributed by atoms with van der Waals surface area (Å²) in [6, 6.07) is 3.25. The van der Waals surface area contributed by atoms with Gasteiger partial charge in [-0.05, 0) is 17.7 Å². The zero-order valence-corrected chi connectivity index (χ0v) is 11.9. The Morgan fingerprint density at radius 2 is 1.96 bits per heavy atom. The van der Waals surface area contributed by atoms with Crippen molar-refractivity contribution in [3.63, 3.8) is 0 Å². The number of carboxylic acids is 1. The van der Waals surface area contributed by atoms with Crippen molar-refractivity contribution >= 4 is 12.0 Å². The summed E-state index contributed by atoms with van der Waals surface area (Å²) in [6.07, 6.45) is -1.63. The lowest BCUT2D eigenvalue weighted by molar-refractivity contribution is -0.188. The van der Waals surface area contributed by atoms with E-state index in [0.717, 1.165) is 12.1 Å². The molecule has 23 heavy (non-hydrogen) atoms. The van der Waals surface area contributed by atoms with E-state index in [1.165, 1.54) is 23.1 Å². The van der Waals surface area contributed by atoms with Gasteiger partial charge in [0.1, 0.15) is 0 Å². The SMILES string of the molecule is O=C(O)[C@@H]1CN(C/C=C/c2ccc(F)c(F)c2)C[C@H]1C(F)(F)F. The first-order valence-electron chi connectivity index (χ1n) is 6.82. The fourth-order valence-electron chi connectivity index (χ4n) is 2.57. The summed E-state index contributed by atoms with van der Waals surface area (Å²) in [5.41, 5.74) is 0.366. The average molecular weight is 335 g/mol. The second kappa shape index (κ2) is 6.66. The van der Waals surface area contributed by atoms with Crippen LogP contribution in [0.2, 0.25) is 0 Å². The predicted octanol–water partition coefficient (Wildman–Crippen LogP) is 3.17. The second-order valence-electron chi connectivity index (χ2n) is 5.39. The third-order valence-electron chi connectivity index (χ3n) is 3.75. The van der Waals surface area contributed by atoms with Gasteiger partial charge in [0.05, 0.1) is 11.8 Å². The molecule has 1 aromatic rings. The monoisotopic (exact) mass is 335 g/mol. The molecule has 2 atom stereocenters. The quantitative estimate of drug-likeness (QED) is 0.859. The smallest absolute Gasteiger partial charge is 0.393 e. The zero-order valence-electron chi connectivity index (χ0n) is 11.9. The molecule has 0 aliphatic carbocycles. The van der Waals surface area contributed by atoms with Crippen molar-refractivity contribution in [3.8, 4) is 0 Å². The van der Waals surface area contributed by atoms with Crippen molar-refractivity contribution in [1.29, 1.82) is 0 Å². The average Bonchev–Trinajstić information content (AvgIpc) is 2.87. The maximum absolute atomic E-state index is 13.0. The molecule has 0 unspecified atom stereocenters. The number of carboxylic acid groups (broad SMARTS) is 1. The van der Waals surface area contributed by atoms with Gasteiger partial charge in [-0.15, -0.1) is 0 Å². The van der Waals surface area contributed by atoms with Gasteiger partial charge in [-0.1, -0.05) is 18.2 Å². The molecule has 1 aliphatic heterocycles. The summed E-state index contributed by atoms with van der Waals surface area (Å²) in [6.45, 7) is -0.514. The van der Waals surface area contributed by atoms with Crippen molar-refractivity contribution in [2.24, 2.45) is 11.8 Å². The normalized spacial score (nSPS) is 22.8. The van der Waals surface area contributed by atoms with Crippen molar-refractivity contribution in [2.45, 2.75) is 6.18 Å². The lowest BCUT2D eigenvalue weighted by atomic mass is 9.96. The molecule has 0 aromatic heterocycles. The Morgan fingerprint density at radius 1 is 1.26 bits per heavy atom. The fraction of sp³-hybridized carbons (Fsp3) is 0.400. The molecule has 0 bridgehead atoms. The largest absolute Gasteiger partial charge is 0.481 e. The standard InChI is InChI=1S/C15H14F5NO2/c16-12-4-3-9(6-13(12)17)2-1-5-21-7-10(14(22)23)11(8-21)15(18,19)20/h1-4,6,10-11H,5,7-8H2,(H,22,23)/b2-1+/t10-,11-/m1/s1. The Hall–Kier alpha value is -1.96. The van der Waals surface area contributed by atoms with Crippen LogP contribution in [0.25, 0.3) is 6.08 Å². The van der Waals surface area contributed by atoms with E-state index in [9.17, 15) is 26.7 Å². The van der Waals surface area contributed by atoms with Gasteiger partial charge in [-0.25, -0.2) is 8.78 Å². The highest BCUT2D eigenvalue weighted by molar-refractivity contribution is 5.71. The molecule has 1 aromatic carbocycles. The highest BCUT2D eigenvalue weighted by Gasteiger charge is 2.52. The van der Waals surface area contributed by atoms with Crippen LogP contribution in [-0.4, -0.2) is 41.8 Å². The van der Waals surface area contributed by atoms with Crippen LogP contribution in [0, 0.1) is 23.5 Å². The molecule has 1 heterocycles. The van der Waals surface area contributed by atoms with Gasteiger partial charge < -0.3 is 5.11 Å². The first kappa shape index (κ1) is 17.4. The van der Waals surface area contributed by atoms with E-state index in [2.05, 4.69) is 0 Å². The number of alkyl halides is 3. The number of halogens is 5. The molecule has 8 heteroatoms. The number of carbonyl (C=O) groups is 1. The van der Waals surface area contributed by atoms with Gasteiger partial charge in [0, 0.05) is 19.6 Å². The summed E-state index contributed by atoms with van der Waals surface area (Å²) < 4.78 is 64.3. The van der Waals surface area contributed by atoms with Gasteiger partial charge in [0.2, 0.25) is 0 Å². The Balaban J connectivity index is 1.99. The minimum absolute atomic E-state index is 0.0926. The first-order chi connectivity index (χ1) is 10.7. The Bertz CT molecular complexity index is 614. The topological polar surface area (TPSA) is 40.5 Å². The number of benzene rings is 1. The summed E-state index contributed by atoms with van der Waals surface area (Å²) in [5.74, 6) is -6.88. The lowest BCUT2D eigenvalue weighted by Gasteiger charge is -2.18. The van der Waals surface area contributed by atoms with Crippen LogP contribution in [0.3, 0.4) is 0 Å². The van der Waals surface area contributed by atoms with Crippen molar-refractivity contribution in [1.82, 2.24) is 4.90 Å². The molecule has 1 saturated heterocycles. The number of aliphatic carboxylic acids is 1. The second-order valence-corrected chi connectivity index (χ2v) is 5.39. The van der Waals surface area contributed by atoms with E-state index in [-0.39, 0.29) is 13.1 Å². The Morgan fingerprint density at radius 3 is 2.48 bits per heavy atom. The van der Waals surface area contributed by atoms with Crippen LogP contribution < -0.4 is 0 Å². The minimum Gasteiger partial charge on any atom is -0.481 e. The van der Waals surface area contributed by atoms with Crippen LogP contribution in [0.1, 0.15) is 5.56 Å². The van der Waals surface area contributed by atoms with Crippen LogP contribution in [0.4, 0.5) is 22.0 Å². The van der Waals surface area contributed by atoms with Gasteiger partial charge in [0.25, 0.3) is 0 Å².